The normalized spacial score (nSPS) is 27.8. The number of hydrogen-bond acceptors (Lipinski definition) is 3. The van der Waals surface area contributed by atoms with E-state index >= 15 is 0 Å². The molecule has 0 aromatic heterocycles. The van der Waals surface area contributed by atoms with Crippen molar-refractivity contribution in [3.63, 3.8) is 0 Å². The molecule has 1 N–H and O–H groups in total. The second-order valence-electron chi connectivity index (χ2n) is 9.89. The monoisotopic (exact) mass is 426 g/mol. The first-order chi connectivity index (χ1) is 15.1. The van der Waals surface area contributed by atoms with Gasteiger partial charge in [0.15, 0.2) is 0 Å². The average Bonchev–Trinajstić information content (AvgIpc) is 2.71. The summed E-state index contributed by atoms with van der Waals surface area (Å²) in [5, 5.41) is 9.26. The molecule has 3 fully saturated rings. The fraction of sp³-hybridized carbons (Fsp3) is 0.692. The second kappa shape index (κ2) is 10.6. The third-order valence-electron chi connectivity index (χ3n) is 7.76. The molecule has 2 unspecified atom stereocenters. The van der Waals surface area contributed by atoms with E-state index in [0.717, 1.165) is 18.4 Å². The predicted molar refractivity (Wildman–Crippen MR) is 122 cm³/mol. The van der Waals surface area contributed by atoms with Crippen molar-refractivity contribution >= 4 is 11.9 Å². The summed E-state index contributed by atoms with van der Waals surface area (Å²) in [4.78, 5) is 29.0. The van der Waals surface area contributed by atoms with Crippen LogP contribution >= 0.6 is 0 Å². The minimum absolute atomic E-state index is 0.146. The largest absolute Gasteiger partial charge is 0.481 e. The SMILES string of the molecule is O=C(O)CC(=O)N(Cc1ccccc1)C1CC2CCCC(C1)N2C1CCCCCCC1. The number of rotatable bonds is 6. The van der Waals surface area contributed by atoms with Gasteiger partial charge < -0.3 is 10.0 Å². The molecule has 2 atom stereocenters. The summed E-state index contributed by atoms with van der Waals surface area (Å²) in [5.74, 6) is -1.27. The maximum atomic E-state index is 13.0. The highest BCUT2D eigenvalue weighted by Gasteiger charge is 2.43. The van der Waals surface area contributed by atoms with Gasteiger partial charge in [-0.05, 0) is 44.1 Å². The van der Waals surface area contributed by atoms with Crippen LogP contribution in [0, 0.1) is 0 Å². The van der Waals surface area contributed by atoms with Gasteiger partial charge in [0, 0.05) is 30.7 Å². The summed E-state index contributed by atoms with van der Waals surface area (Å²) >= 11 is 0. The maximum Gasteiger partial charge on any atom is 0.312 e. The lowest BCUT2D eigenvalue weighted by Gasteiger charge is -2.54. The number of benzene rings is 1. The molecule has 4 rings (SSSR count). The molecule has 2 saturated heterocycles. The van der Waals surface area contributed by atoms with Crippen molar-refractivity contribution in [2.45, 2.75) is 114 Å². The first kappa shape index (κ1) is 22.3. The van der Waals surface area contributed by atoms with E-state index in [1.807, 2.05) is 35.2 Å². The van der Waals surface area contributed by atoms with E-state index in [-0.39, 0.29) is 11.9 Å². The highest BCUT2D eigenvalue weighted by molar-refractivity contribution is 5.93. The summed E-state index contributed by atoms with van der Waals surface area (Å²) < 4.78 is 0. The van der Waals surface area contributed by atoms with Gasteiger partial charge >= 0.3 is 5.97 Å². The molecule has 0 spiro atoms. The molecule has 2 bridgehead atoms. The highest BCUT2D eigenvalue weighted by Crippen LogP contribution is 2.40. The summed E-state index contributed by atoms with van der Waals surface area (Å²) in [7, 11) is 0. The number of carbonyl (C=O) groups excluding carboxylic acids is 1. The number of carboxylic acids is 1. The zero-order valence-electron chi connectivity index (χ0n) is 18.8. The van der Waals surface area contributed by atoms with Crippen LogP contribution in [0.1, 0.15) is 89.0 Å². The quantitative estimate of drug-likeness (QED) is 0.651. The molecule has 5 heteroatoms. The maximum absolute atomic E-state index is 13.0. The molecule has 1 aromatic rings. The van der Waals surface area contributed by atoms with Crippen molar-refractivity contribution < 1.29 is 14.7 Å². The Morgan fingerprint density at radius 2 is 1.42 bits per heavy atom. The van der Waals surface area contributed by atoms with Gasteiger partial charge in [0.2, 0.25) is 5.91 Å². The molecule has 5 nitrogen and oxygen atoms in total. The van der Waals surface area contributed by atoms with E-state index in [2.05, 4.69) is 4.90 Å². The standard InChI is InChI=1S/C26H38N2O3/c29-25(18-26(30)31)27(19-20-10-5-4-6-11-20)24-16-22-14-9-15-23(17-24)28(22)21-12-7-2-1-3-8-13-21/h4-6,10-11,21-24H,1-3,7-9,12-19H2,(H,30,31). The minimum Gasteiger partial charge on any atom is -0.481 e. The molecule has 2 aliphatic heterocycles. The lowest BCUT2D eigenvalue weighted by atomic mass is 9.78. The van der Waals surface area contributed by atoms with Crippen LogP contribution in [0.2, 0.25) is 0 Å². The molecule has 3 aliphatic rings. The Labute approximate surface area is 186 Å². The Kier molecular flexibility index (Phi) is 7.65. The lowest BCUT2D eigenvalue weighted by Crippen LogP contribution is -2.60. The van der Waals surface area contributed by atoms with E-state index in [1.54, 1.807) is 0 Å². The van der Waals surface area contributed by atoms with Crippen molar-refractivity contribution in [3.8, 4) is 0 Å². The number of carbonyl (C=O) groups is 2. The van der Waals surface area contributed by atoms with Crippen LogP contribution in [0.4, 0.5) is 0 Å². The van der Waals surface area contributed by atoms with Crippen LogP contribution in [0.15, 0.2) is 30.3 Å². The molecule has 31 heavy (non-hydrogen) atoms. The van der Waals surface area contributed by atoms with Crippen LogP contribution in [-0.4, -0.2) is 51.0 Å². The molecule has 1 amide bonds. The molecule has 1 saturated carbocycles. The molecular formula is C26H38N2O3. The fourth-order valence-electron chi connectivity index (χ4n) is 6.40. The number of aliphatic carboxylic acids is 1. The second-order valence-corrected chi connectivity index (χ2v) is 9.89. The Bertz CT molecular complexity index is 715. The fourth-order valence-corrected chi connectivity index (χ4v) is 6.40. The number of hydrogen-bond donors (Lipinski definition) is 1. The first-order valence-corrected chi connectivity index (χ1v) is 12.4. The van der Waals surface area contributed by atoms with Gasteiger partial charge in [-0.15, -0.1) is 0 Å². The van der Waals surface area contributed by atoms with E-state index in [1.165, 1.54) is 64.2 Å². The van der Waals surface area contributed by atoms with Crippen LogP contribution in [0.3, 0.4) is 0 Å². The predicted octanol–water partition coefficient (Wildman–Crippen LogP) is 4.99. The van der Waals surface area contributed by atoms with Gasteiger partial charge in [0.25, 0.3) is 0 Å². The van der Waals surface area contributed by atoms with Crippen LogP contribution < -0.4 is 0 Å². The topological polar surface area (TPSA) is 60.9 Å². The van der Waals surface area contributed by atoms with Crippen LogP contribution in [0.25, 0.3) is 0 Å². The van der Waals surface area contributed by atoms with E-state index in [4.69, 9.17) is 0 Å². The van der Waals surface area contributed by atoms with Crippen molar-refractivity contribution in [2.24, 2.45) is 0 Å². The molecule has 170 valence electrons. The third-order valence-corrected chi connectivity index (χ3v) is 7.76. The van der Waals surface area contributed by atoms with Crippen molar-refractivity contribution in [1.82, 2.24) is 9.80 Å². The molecule has 2 heterocycles. The Hall–Kier alpha value is -1.88. The van der Waals surface area contributed by atoms with Crippen molar-refractivity contribution in [1.29, 1.82) is 0 Å². The summed E-state index contributed by atoms with van der Waals surface area (Å²) in [6.45, 7) is 0.514. The minimum atomic E-state index is -1.03. The van der Waals surface area contributed by atoms with E-state index in [9.17, 15) is 14.7 Å². The number of fused-ring (bicyclic) bond motifs is 2. The smallest absolute Gasteiger partial charge is 0.312 e. The zero-order valence-corrected chi connectivity index (χ0v) is 18.8. The molecule has 0 radical (unpaired) electrons. The number of piperidine rings is 2. The van der Waals surface area contributed by atoms with E-state index < -0.39 is 12.4 Å². The molecule has 1 aromatic carbocycles. The van der Waals surface area contributed by atoms with Crippen LogP contribution in [0.5, 0.6) is 0 Å². The van der Waals surface area contributed by atoms with Gasteiger partial charge in [0.1, 0.15) is 6.42 Å². The third kappa shape index (κ3) is 5.68. The zero-order chi connectivity index (χ0) is 21.6. The number of amides is 1. The molecule has 1 aliphatic carbocycles. The van der Waals surface area contributed by atoms with Gasteiger partial charge in [-0.1, -0.05) is 68.9 Å². The Morgan fingerprint density at radius 3 is 2.03 bits per heavy atom. The summed E-state index contributed by atoms with van der Waals surface area (Å²) in [6.07, 6.45) is 14.8. The van der Waals surface area contributed by atoms with E-state index in [0.29, 0.717) is 24.7 Å². The van der Waals surface area contributed by atoms with Gasteiger partial charge in [-0.3, -0.25) is 14.5 Å². The first-order valence-electron chi connectivity index (χ1n) is 12.4. The highest BCUT2D eigenvalue weighted by atomic mass is 16.4. The van der Waals surface area contributed by atoms with Crippen LogP contribution in [-0.2, 0) is 16.1 Å². The Balaban J connectivity index is 1.51. The average molecular weight is 427 g/mol. The van der Waals surface area contributed by atoms with Gasteiger partial charge in [-0.25, -0.2) is 0 Å². The van der Waals surface area contributed by atoms with Gasteiger partial charge in [0.05, 0.1) is 0 Å². The lowest BCUT2D eigenvalue weighted by molar-refractivity contribution is -0.147. The Morgan fingerprint density at radius 1 is 0.839 bits per heavy atom. The van der Waals surface area contributed by atoms with Gasteiger partial charge in [-0.2, -0.15) is 0 Å². The number of nitrogens with zero attached hydrogens (tertiary/aromatic N) is 2. The molecular weight excluding hydrogens is 388 g/mol. The number of carboxylic acid groups (broad SMARTS) is 1. The summed E-state index contributed by atoms with van der Waals surface area (Å²) in [5.41, 5.74) is 1.08. The van der Waals surface area contributed by atoms with Crippen molar-refractivity contribution in [2.75, 3.05) is 0 Å². The summed E-state index contributed by atoms with van der Waals surface area (Å²) in [6, 6.07) is 11.9. The van der Waals surface area contributed by atoms with Crippen molar-refractivity contribution in [3.05, 3.63) is 35.9 Å².